The number of aromatic amines is 1. The van der Waals surface area contributed by atoms with E-state index in [4.69, 9.17) is 16.6 Å². The molecule has 3 nitrogen and oxygen atoms in total. The summed E-state index contributed by atoms with van der Waals surface area (Å²) in [5, 5.41) is 1.38. The molecule has 1 aliphatic heterocycles. The van der Waals surface area contributed by atoms with Gasteiger partial charge in [0.25, 0.3) is 0 Å². The lowest BCUT2D eigenvalue weighted by Gasteiger charge is -2.30. The first-order chi connectivity index (χ1) is 12.1. The number of alkyl halides is 1. The Bertz CT molecular complexity index is 884. The highest BCUT2D eigenvalue weighted by Gasteiger charge is 2.21. The molecule has 0 fully saturated rings. The summed E-state index contributed by atoms with van der Waals surface area (Å²) in [6, 6.07) is 13.1. The van der Waals surface area contributed by atoms with E-state index in [0.717, 1.165) is 43.0 Å². The molecule has 0 saturated carbocycles. The van der Waals surface area contributed by atoms with Crippen molar-refractivity contribution in [2.75, 3.05) is 11.4 Å². The second-order valence-corrected chi connectivity index (χ2v) is 7.87. The van der Waals surface area contributed by atoms with Crippen LogP contribution in [0.4, 0.5) is 5.82 Å². The Labute approximate surface area is 154 Å². The molecule has 3 heterocycles. The summed E-state index contributed by atoms with van der Waals surface area (Å²) in [5.74, 6) is 1.47. The van der Waals surface area contributed by atoms with Gasteiger partial charge in [-0.15, -0.1) is 11.6 Å². The highest BCUT2D eigenvalue weighted by Crippen LogP contribution is 2.30. The maximum absolute atomic E-state index is 6.28. The van der Waals surface area contributed by atoms with Crippen molar-refractivity contribution in [2.45, 2.75) is 38.6 Å². The molecule has 4 heteroatoms. The smallest absolute Gasteiger partial charge is 0.153 e. The predicted molar refractivity (Wildman–Crippen MR) is 105 cm³/mol. The molecule has 130 valence electrons. The number of fused-ring (bicyclic) bond motifs is 2. The molecule has 1 aromatic carbocycles. The number of hydrogen-bond donors (Lipinski definition) is 1. The third-order valence-corrected chi connectivity index (χ3v) is 5.75. The maximum Gasteiger partial charge on any atom is 0.153 e. The Morgan fingerprint density at radius 3 is 2.80 bits per heavy atom. The van der Waals surface area contributed by atoms with Gasteiger partial charge in [-0.2, -0.15) is 0 Å². The minimum absolute atomic E-state index is 0.147. The molecule has 25 heavy (non-hydrogen) atoms. The van der Waals surface area contributed by atoms with E-state index in [9.17, 15) is 0 Å². The summed E-state index contributed by atoms with van der Waals surface area (Å²) in [6.45, 7) is 6.17. The molecular formula is C21H24ClN3. The number of anilines is 1. The van der Waals surface area contributed by atoms with Crippen molar-refractivity contribution >= 4 is 28.3 Å². The fourth-order valence-corrected chi connectivity index (χ4v) is 3.69. The van der Waals surface area contributed by atoms with Crippen LogP contribution >= 0.6 is 11.6 Å². The van der Waals surface area contributed by atoms with Gasteiger partial charge in [0, 0.05) is 35.7 Å². The van der Waals surface area contributed by atoms with Crippen molar-refractivity contribution in [3.05, 3.63) is 59.4 Å². The van der Waals surface area contributed by atoms with Crippen LogP contribution in [0.2, 0.25) is 0 Å². The standard InChI is InChI=1S/C21H24ClN3/c1-14(15(2)22)11-19-12-17-7-9-23-20(17)21(24-19)25-10-8-16-5-3-4-6-18(16)13-25/h3-7,9,12,14-15,23H,8,10-11,13H2,1-2H3. The Morgan fingerprint density at radius 2 is 2.00 bits per heavy atom. The van der Waals surface area contributed by atoms with Crippen LogP contribution in [-0.4, -0.2) is 21.9 Å². The molecule has 2 aromatic heterocycles. The lowest BCUT2D eigenvalue weighted by Crippen LogP contribution is -2.31. The van der Waals surface area contributed by atoms with Crippen LogP contribution in [0.25, 0.3) is 10.9 Å². The van der Waals surface area contributed by atoms with Crippen LogP contribution in [0, 0.1) is 5.92 Å². The van der Waals surface area contributed by atoms with Gasteiger partial charge in [-0.3, -0.25) is 0 Å². The molecule has 0 bridgehead atoms. The van der Waals surface area contributed by atoms with Crippen LogP contribution in [0.3, 0.4) is 0 Å². The van der Waals surface area contributed by atoms with E-state index in [1.165, 1.54) is 16.5 Å². The average Bonchev–Trinajstić information content (AvgIpc) is 3.09. The van der Waals surface area contributed by atoms with Gasteiger partial charge in [-0.1, -0.05) is 31.2 Å². The molecule has 0 radical (unpaired) electrons. The zero-order valence-electron chi connectivity index (χ0n) is 14.8. The highest BCUT2D eigenvalue weighted by atomic mass is 35.5. The quantitative estimate of drug-likeness (QED) is 0.674. The molecular weight excluding hydrogens is 330 g/mol. The van der Waals surface area contributed by atoms with Crippen LogP contribution in [-0.2, 0) is 19.4 Å². The van der Waals surface area contributed by atoms with E-state index in [1.54, 1.807) is 0 Å². The third kappa shape index (κ3) is 3.25. The Hall–Kier alpha value is -2.00. The summed E-state index contributed by atoms with van der Waals surface area (Å²) in [5.41, 5.74) is 5.13. The second-order valence-electron chi connectivity index (χ2n) is 7.18. The summed E-state index contributed by atoms with van der Waals surface area (Å²) < 4.78 is 0. The molecule has 4 rings (SSSR count). The minimum atomic E-state index is 0.147. The molecule has 2 unspecified atom stereocenters. The van der Waals surface area contributed by atoms with Crippen molar-refractivity contribution in [3.8, 4) is 0 Å². The predicted octanol–water partition coefficient (Wildman–Crippen LogP) is 4.93. The van der Waals surface area contributed by atoms with Gasteiger partial charge < -0.3 is 9.88 Å². The zero-order valence-corrected chi connectivity index (χ0v) is 15.6. The number of nitrogens with zero attached hydrogens (tertiary/aromatic N) is 2. The normalized spacial score (nSPS) is 16.7. The molecule has 3 aromatic rings. The van der Waals surface area contributed by atoms with Crippen molar-refractivity contribution in [2.24, 2.45) is 5.92 Å². The average molecular weight is 354 g/mol. The lowest BCUT2D eigenvalue weighted by molar-refractivity contribution is 0.560. The van der Waals surface area contributed by atoms with E-state index in [2.05, 4.69) is 60.1 Å². The van der Waals surface area contributed by atoms with Gasteiger partial charge in [0.05, 0.1) is 5.52 Å². The van der Waals surface area contributed by atoms with Crippen LogP contribution in [0.5, 0.6) is 0 Å². The van der Waals surface area contributed by atoms with E-state index in [1.807, 2.05) is 6.20 Å². The monoisotopic (exact) mass is 353 g/mol. The highest BCUT2D eigenvalue weighted by molar-refractivity contribution is 6.20. The number of benzene rings is 1. The van der Waals surface area contributed by atoms with Crippen LogP contribution in [0.1, 0.15) is 30.7 Å². The Balaban J connectivity index is 1.70. The van der Waals surface area contributed by atoms with Gasteiger partial charge in [0.1, 0.15) is 0 Å². The number of halogens is 1. The zero-order chi connectivity index (χ0) is 17.4. The fraction of sp³-hybridized carbons (Fsp3) is 0.381. The summed E-state index contributed by atoms with van der Waals surface area (Å²) >= 11 is 6.28. The molecule has 1 aliphatic rings. The first-order valence-electron chi connectivity index (χ1n) is 9.04. The number of pyridine rings is 1. The lowest BCUT2D eigenvalue weighted by atomic mass is 9.99. The molecule has 1 N–H and O–H groups in total. The number of aromatic nitrogens is 2. The third-order valence-electron chi connectivity index (χ3n) is 5.32. The van der Waals surface area contributed by atoms with Crippen LogP contribution in [0.15, 0.2) is 42.6 Å². The number of rotatable bonds is 4. The van der Waals surface area contributed by atoms with E-state index in [-0.39, 0.29) is 5.38 Å². The summed E-state index contributed by atoms with van der Waals surface area (Å²) in [7, 11) is 0. The molecule has 0 amide bonds. The number of H-pyrrole nitrogens is 1. The molecule has 0 saturated heterocycles. The number of nitrogens with one attached hydrogen (secondary N) is 1. The second kappa shape index (κ2) is 6.72. The van der Waals surface area contributed by atoms with Gasteiger partial charge in [-0.05, 0) is 48.9 Å². The molecule has 0 spiro atoms. The van der Waals surface area contributed by atoms with Gasteiger partial charge in [0.2, 0.25) is 0 Å². The fourth-order valence-electron chi connectivity index (χ4n) is 3.60. The van der Waals surface area contributed by atoms with Crippen molar-refractivity contribution in [3.63, 3.8) is 0 Å². The first kappa shape index (κ1) is 16.5. The minimum Gasteiger partial charge on any atom is -0.358 e. The topological polar surface area (TPSA) is 31.9 Å². The summed E-state index contributed by atoms with van der Waals surface area (Å²) in [6.07, 6.45) is 3.98. The number of hydrogen-bond acceptors (Lipinski definition) is 2. The summed E-state index contributed by atoms with van der Waals surface area (Å²) in [4.78, 5) is 10.8. The van der Waals surface area contributed by atoms with Gasteiger partial charge >= 0.3 is 0 Å². The van der Waals surface area contributed by atoms with E-state index < -0.39 is 0 Å². The van der Waals surface area contributed by atoms with Crippen molar-refractivity contribution in [1.29, 1.82) is 0 Å². The first-order valence-corrected chi connectivity index (χ1v) is 9.48. The van der Waals surface area contributed by atoms with E-state index >= 15 is 0 Å². The largest absolute Gasteiger partial charge is 0.358 e. The van der Waals surface area contributed by atoms with Crippen molar-refractivity contribution < 1.29 is 0 Å². The maximum atomic E-state index is 6.28. The van der Waals surface area contributed by atoms with E-state index in [0.29, 0.717) is 5.92 Å². The Kier molecular flexibility index (Phi) is 4.43. The molecule has 0 aliphatic carbocycles. The molecule has 2 atom stereocenters. The van der Waals surface area contributed by atoms with Gasteiger partial charge in [-0.25, -0.2) is 4.98 Å². The van der Waals surface area contributed by atoms with Crippen LogP contribution < -0.4 is 4.90 Å². The van der Waals surface area contributed by atoms with Crippen molar-refractivity contribution in [1.82, 2.24) is 9.97 Å². The SMILES string of the molecule is CC(Cl)C(C)Cc1cc2cc[nH]c2c(N2CCc3ccccc3C2)n1. The Morgan fingerprint density at radius 1 is 1.20 bits per heavy atom. The van der Waals surface area contributed by atoms with Gasteiger partial charge in [0.15, 0.2) is 5.82 Å².